The molecule has 2 aromatic carbocycles. The van der Waals surface area contributed by atoms with Crippen LogP contribution < -0.4 is 0 Å². The Balaban J connectivity index is 2.88. The van der Waals surface area contributed by atoms with E-state index >= 15 is 0 Å². The lowest BCUT2D eigenvalue weighted by Gasteiger charge is -2.28. The minimum atomic E-state index is -4.02. The summed E-state index contributed by atoms with van der Waals surface area (Å²) in [7, 11) is -4.02. The number of carbonyl (C=O) groups excluding carboxylic acids is 1. The van der Waals surface area contributed by atoms with Crippen LogP contribution in [0.2, 0.25) is 0 Å². The van der Waals surface area contributed by atoms with Gasteiger partial charge < -0.3 is 19.3 Å². The second-order valence-electron chi connectivity index (χ2n) is 15.5. The van der Waals surface area contributed by atoms with Crippen molar-refractivity contribution in [2.24, 2.45) is 0 Å². The maximum Gasteiger partial charge on any atom is 0.365 e. The van der Waals surface area contributed by atoms with Gasteiger partial charge in [0.25, 0.3) is 0 Å². The van der Waals surface area contributed by atoms with Gasteiger partial charge in [0.05, 0.1) is 13.2 Å². The molecule has 6 nitrogen and oxygen atoms in total. The molecule has 0 spiro atoms. The molecule has 0 aromatic heterocycles. The lowest BCUT2D eigenvalue weighted by atomic mass is 9.78. The van der Waals surface area contributed by atoms with E-state index in [1.165, 1.54) is 6.08 Å². The predicted molar refractivity (Wildman–Crippen MR) is 184 cm³/mol. The zero-order valence-electron chi connectivity index (χ0n) is 29.4. The van der Waals surface area contributed by atoms with Crippen molar-refractivity contribution in [3.8, 4) is 11.5 Å². The lowest BCUT2D eigenvalue weighted by Crippen LogP contribution is -2.17. The maximum atomic E-state index is 14.2. The first-order valence-corrected chi connectivity index (χ1v) is 17.0. The number of carbonyl (C=O) groups is 1. The van der Waals surface area contributed by atoms with E-state index in [1.807, 2.05) is 107 Å². The van der Waals surface area contributed by atoms with Crippen molar-refractivity contribution >= 4 is 25.5 Å². The Bertz CT molecular complexity index is 1390. The van der Waals surface area contributed by atoms with Gasteiger partial charge in [-0.3, -0.25) is 9.36 Å². The maximum absolute atomic E-state index is 14.2. The van der Waals surface area contributed by atoms with Gasteiger partial charge in [-0.25, -0.2) is 0 Å². The van der Waals surface area contributed by atoms with Crippen molar-refractivity contribution in [3.63, 3.8) is 0 Å². The molecule has 244 valence electrons. The van der Waals surface area contributed by atoms with Crippen molar-refractivity contribution in [3.05, 3.63) is 69.0 Å². The number of phenols is 2. The lowest BCUT2D eigenvalue weighted by molar-refractivity contribution is -0.110. The zero-order chi connectivity index (χ0) is 34.1. The molecule has 0 fully saturated rings. The predicted octanol–water partition coefficient (Wildman–Crippen LogP) is 10.2. The Morgan fingerprint density at radius 1 is 0.659 bits per heavy atom. The third-order valence-corrected chi connectivity index (χ3v) is 9.51. The topological polar surface area (TPSA) is 93.1 Å². The van der Waals surface area contributed by atoms with E-state index in [2.05, 4.69) is 0 Å². The number of aromatic hydroxyl groups is 2. The molecule has 0 aliphatic carbocycles. The van der Waals surface area contributed by atoms with Crippen LogP contribution >= 0.6 is 7.60 Å². The summed E-state index contributed by atoms with van der Waals surface area (Å²) in [5.74, 6) is -0.0483. The second-order valence-corrected chi connectivity index (χ2v) is 17.5. The Kier molecular flexibility index (Phi) is 11.4. The standard InChI is InChI=1S/C37H55O6P/c1-15-42-44(41,43-16-2)31(23-25-21-28(36(9,10)11)33(40)29(22-25)37(12,13)14)30(38)18-17-24-19-26(34(3,4)5)32(39)27(20-24)35(6,7)8/h17-23,39-40H,15-16H2,1-14H3. The van der Waals surface area contributed by atoms with Gasteiger partial charge in [-0.15, -0.1) is 0 Å². The van der Waals surface area contributed by atoms with Crippen LogP contribution in [0.1, 0.15) is 130 Å². The highest BCUT2D eigenvalue weighted by atomic mass is 31.2. The second kappa shape index (κ2) is 13.4. The third-order valence-electron chi connectivity index (χ3n) is 7.37. The highest BCUT2D eigenvalue weighted by Crippen LogP contribution is 2.57. The molecule has 0 saturated heterocycles. The first kappa shape index (κ1) is 37.5. The normalized spacial score (nSPS) is 14.0. The SMILES string of the molecule is CCOP(=O)(OCC)C(=Cc1cc(C(C)(C)C)c(O)c(C(C)(C)C)c1)C(=O)C=Cc1cc(C(C)(C)C)c(O)c(C(C)(C)C)c1. The number of allylic oxidation sites excluding steroid dienone is 2. The molecule has 7 heteroatoms. The number of ketones is 1. The highest BCUT2D eigenvalue weighted by Gasteiger charge is 2.35. The van der Waals surface area contributed by atoms with Gasteiger partial charge in [-0.05, 0) is 83.1 Å². The molecule has 0 aliphatic rings. The molecule has 2 aromatic rings. The van der Waals surface area contributed by atoms with Crippen LogP contribution in [0.15, 0.2) is 35.7 Å². The molecule has 0 unspecified atom stereocenters. The average Bonchev–Trinajstić information content (AvgIpc) is 2.84. The summed E-state index contributed by atoms with van der Waals surface area (Å²) in [5, 5.41) is 22.3. The monoisotopic (exact) mass is 626 g/mol. The quantitative estimate of drug-likeness (QED) is 0.213. The van der Waals surface area contributed by atoms with Crippen molar-refractivity contribution < 1.29 is 28.6 Å². The summed E-state index contributed by atoms with van der Waals surface area (Å²) in [4.78, 5) is 14.0. The smallest absolute Gasteiger partial charge is 0.365 e. The zero-order valence-corrected chi connectivity index (χ0v) is 30.3. The van der Waals surface area contributed by atoms with Crippen LogP contribution in [-0.2, 0) is 40.1 Å². The Morgan fingerprint density at radius 2 is 0.977 bits per heavy atom. The fraction of sp³-hybridized carbons (Fsp3) is 0.541. The van der Waals surface area contributed by atoms with Crippen molar-refractivity contribution in [2.75, 3.05) is 13.2 Å². The van der Waals surface area contributed by atoms with Crippen molar-refractivity contribution in [2.45, 2.75) is 119 Å². The largest absolute Gasteiger partial charge is 0.507 e. The van der Waals surface area contributed by atoms with Crippen molar-refractivity contribution in [1.82, 2.24) is 0 Å². The van der Waals surface area contributed by atoms with Gasteiger partial charge in [0.15, 0.2) is 5.78 Å². The Hall–Kier alpha value is -2.66. The van der Waals surface area contributed by atoms with E-state index in [4.69, 9.17) is 9.05 Å². The Labute approximate surface area is 266 Å². The molecule has 44 heavy (non-hydrogen) atoms. The first-order valence-electron chi connectivity index (χ1n) is 15.5. The molecule has 2 N–H and O–H groups in total. The molecule has 0 amide bonds. The average molecular weight is 627 g/mol. The summed E-state index contributed by atoms with van der Waals surface area (Å²) in [6, 6.07) is 7.42. The number of rotatable bonds is 9. The van der Waals surface area contributed by atoms with Crippen LogP contribution in [0.3, 0.4) is 0 Å². The summed E-state index contributed by atoms with van der Waals surface area (Å²) in [6.07, 6.45) is 4.64. The van der Waals surface area contributed by atoms with E-state index in [-0.39, 0.29) is 40.9 Å². The van der Waals surface area contributed by atoms with Crippen LogP contribution in [0.25, 0.3) is 12.2 Å². The molecule has 0 aliphatic heterocycles. The summed E-state index contributed by atoms with van der Waals surface area (Å²) in [6.45, 7) is 27.8. The van der Waals surface area contributed by atoms with Gasteiger partial charge in [0, 0.05) is 22.3 Å². The van der Waals surface area contributed by atoms with E-state index in [0.717, 1.165) is 27.8 Å². The third kappa shape index (κ3) is 8.96. The van der Waals surface area contributed by atoms with E-state index in [1.54, 1.807) is 26.0 Å². The van der Waals surface area contributed by atoms with Gasteiger partial charge in [-0.2, -0.15) is 0 Å². The molecule has 0 atom stereocenters. The fourth-order valence-electron chi connectivity index (χ4n) is 5.00. The van der Waals surface area contributed by atoms with E-state index in [0.29, 0.717) is 5.56 Å². The summed E-state index contributed by atoms with van der Waals surface area (Å²) >= 11 is 0. The van der Waals surface area contributed by atoms with Crippen LogP contribution in [0.4, 0.5) is 0 Å². The molecule has 0 heterocycles. The molecule has 0 bridgehead atoms. The molecule has 0 saturated carbocycles. The van der Waals surface area contributed by atoms with E-state index < -0.39 is 24.2 Å². The number of phenolic OH excluding ortho intramolecular Hbond substituents is 2. The van der Waals surface area contributed by atoms with Crippen LogP contribution in [-0.4, -0.2) is 29.2 Å². The first-order chi connectivity index (χ1) is 19.9. The number of hydrogen-bond acceptors (Lipinski definition) is 6. The number of benzene rings is 2. The fourth-order valence-corrected chi connectivity index (χ4v) is 6.68. The summed E-state index contributed by atoms with van der Waals surface area (Å²) < 4.78 is 25.5. The minimum absolute atomic E-state index is 0.0868. The summed E-state index contributed by atoms with van der Waals surface area (Å²) in [5.41, 5.74) is 2.88. The van der Waals surface area contributed by atoms with Gasteiger partial charge in [0.1, 0.15) is 16.8 Å². The van der Waals surface area contributed by atoms with Crippen molar-refractivity contribution in [1.29, 1.82) is 0 Å². The minimum Gasteiger partial charge on any atom is -0.507 e. The van der Waals surface area contributed by atoms with Gasteiger partial charge in [-0.1, -0.05) is 89.2 Å². The van der Waals surface area contributed by atoms with Gasteiger partial charge >= 0.3 is 7.60 Å². The number of hydrogen-bond donors (Lipinski definition) is 2. The van der Waals surface area contributed by atoms with Crippen LogP contribution in [0, 0.1) is 0 Å². The highest BCUT2D eigenvalue weighted by molar-refractivity contribution is 7.60. The van der Waals surface area contributed by atoms with Gasteiger partial charge in [0.2, 0.25) is 0 Å². The van der Waals surface area contributed by atoms with E-state index in [9.17, 15) is 19.6 Å². The molecular formula is C37H55O6P. The molecule has 2 rings (SSSR count). The van der Waals surface area contributed by atoms with Crippen LogP contribution in [0.5, 0.6) is 11.5 Å². The Morgan fingerprint density at radius 3 is 1.27 bits per heavy atom. The molecular weight excluding hydrogens is 571 g/mol. The molecule has 0 radical (unpaired) electrons.